The van der Waals surface area contributed by atoms with Crippen molar-refractivity contribution in [3.05, 3.63) is 53.9 Å². The third-order valence-electron chi connectivity index (χ3n) is 4.32. The molecule has 27 heavy (non-hydrogen) atoms. The number of anilines is 1. The molecule has 4 rings (SSSR count). The highest BCUT2D eigenvalue weighted by atomic mass is 32.1. The van der Waals surface area contributed by atoms with E-state index < -0.39 is 0 Å². The molecule has 7 nitrogen and oxygen atoms in total. The summed E-state index contributed by atoms with van der Waals surface area (Å²) in [4.78, 5) is 20.9. The average molecular weight is 384 g/mol. The van der Waals surface area contributed by atoms with Crippen LogP contribution >= 0.6 is 11.3 Å². The van der Waals surface area contributed by atoms with E-state index >= 15 is 0 Å². The molecule has 0 unspecified atom stereocenters. The molecule has 0 radical (unpaired) electrons. The number of carbonyl (C=O) groups is 1. The number of carbonyl (C=O) groups excluding carboxylic acids is 1. The molecule has 3 heterocycles. The fourth-order valence-electron chi connectivity index (χ4n) is 2.87. The van der Waals surface area contributed by atoms with E-state index in [9.17, 15) is 4.79 Å². The molecule has 3 aromatic rings. The fourth-order valence-corrected chi connectivity index (χ4v) is 3.66. The van der Waals surface area contributed by atoms with Gasteiger partial charge >= 0.3 is 0 Å². The zero-order valence-electron chi connectivity index (χ0n) is 14.7. The van der Waals surface area contributed by atoms with Gasteiger partial charge in [-0.05, 0) is 36.6 Å². The second kappa shape index (κ2) is 8.43. The maximum absolute atomic E-state index is 12.4. The van der Waals surface area contributed by atoms with Crippen molar-refractivity contribution in [3.8, 4) is 0 Å². The van der Waals surface area contributed by atoms with Crippen molar-refractivity contribution in [2.75, 3.05) is 18.6 Å². The summed E-state index contributed by atoms with van der Waals surface area (Å²) >= 11 is 1.43. The van der Waals surface area contributed by atoms with E-state index in [0.29, 0.717) is 17.3 Å². The van der Waals surface area contributed by atoms with E-state index in [1.807, 2.05) is 24.3 Å². The van der Waals surface area contributed by atoms with Crippen molar-refractivity contribution < 1.29 is 14.3 Å². The summed E-state index contributed by atoms with van der Waals surface area (Å²) in [5.74, 6) is -0.222. The van der Waals surface area contributed by atoms with Gasteiger partial charge in [-0.15, -0.1) is 0 Å². The van der Waals surface area contributed by atoms with E-state index in [4.69, 9.17) is 9.47 Å². The summed E-state index contributed by atoms with van der Waals surface area (Å²) in [7, 11) is 0. The fraction of sp³-hybridized carbons (Fsp3) is 0.316. The number of ether oxygens (including phenoxy) is 2. The molecule has 1 fully saturated rings. The molecule has 1 saturated heterocycles. The highest BCUT2D eigenvalue weighted by Gasteiger charge is 2.14. The van der Waals surface area contributed by atoms with E-state index in [-0.39, 0.29) is 12.0 Å². The van der Waals surface area contributed by atoms with Crippen LogP contribution in [-0.4, -0.2) is 35.2 Å². The quantitative estimate of drug-likeness (QED) is 0.635. The topological polar surface area (TPSA) is 85.4 Å². The van der Waals surface area contributed by atoms with E-state index in [1.165, 1.54) is 11.3 Å². The Morgan fingerprint density at radius 2 is 2.19 bits per heavy atom. The molecule has 1 amide bonds. The molecule has 0 bridgehead atoms. The number of hydrazine groups is 1. The summed E-state index contributed by atoms with van der Waals surface area (Å²) in [5, 5.41) is 0.616. The second-order valence-corrected chi connectivity index (χ2v) is 7.30. The molecule has 0 aliphatic carbocycles. The number of amides is 1. The summed E-state index contributed by atoms with van der Waals surface area (Å²) in [6.45, 7) is 1.99. The maximum Gasteiger partial charge on any atom is 0.269 e. The number of rotatable bonds is 6. The van der Waals surface area contributed by atoms with Gasteiger partial charge in [0, 0.05) is 31.2 Å². The number of fused-ring (bicyclic) bond motifs is 1. The molecule has 8 heteroatoms. The van der Waals surface area contributed by atoms with Crippen LogP contribution in [0.25, 0.3) is 10.2 Å². The number of nitrogens with one attached hydrogen (secondary N) is 2. The first kappa shape index (κ1) is 17.8. The smallest absolute Gasteiger partial charge is 0.269 e. The van der Waals surface area contributed by atoms with Gasteiger partial charge in [-0.25, -0.2) is 4.98 Å². The molecular weight excluding hydrogens is 364 g/mol. The molecule has 2 aromatic heterocycles. The van der Waals surface area contributed by atoms with Crippen molar-refractivity contribution in [3.63, 3.8) is 0 Å². The third-order valence-corrected chi connectivity index (χ3v) is 5.24. The SMILES string of the molecule is O=C(NNc1nc2ccncc2s1)c1cccc(COC2CCOCC2)c1. The van der Waals surface area contributed by atoms with Crippen LogP contribution in [0, 0.1) is 0 Å². The number of aromatic nitrogens is 2. The molecule has 0 atom stereocenters. The third kappa shape index (κ3) is 4.60. The van der Waals surface area contributed by atoms with Crippen LogP contribution in [0.15, 0.2) is 42.7 Å². The van der Waals surface area contributed by atoms with Crippen molar-refractivity contribution in [1.82, 2.24) is 15.4 Å². The Morgan fingerprint density at radius 3 is 3.04 bits per heavy atom. The van der Waals surface area contributed by atoms with Crippen LogP contribution in [0.5, 0.6) is 0 Å². The van der Waals surface area contributed by atoms with E-state index in [2.05, 4.69) is 20.8 Å². The molecule has 0 saturated carbocycles. The lowest BCUT2D eigenvalue weighted by Gasteiger charge is -2.22. The minimum atomic E-state index is -0.222. The molecule has 0 spiro atoms. The van der Waals surface area contributed by atoms with Gasteiger partial charge in [0.1, 0.15) is 0 Å². The van der Waals surface area contributed by atoms with Crippen LogP contribution in [0.3, 0.4) is 0 Å². The number of thiazole rings is 1. The van der Waals surface area contributed by atoms with Crippen molar-refractivity contribution >= 4 is 32.6 Å². The molecule has 1 aliphatic rings. The summed E-state index contributed by atoms with van der Waals surface area (Å²) in [5.41, 5.74) is 7.95. The zero-order chi connectivity index (χ0) is 18.5. The minimum absolute atomic E-state index is 0.222. The largest absolute Gasteiger partial charge is 0.381 e. The first-order valence-corrected chi connectivity index (χ1v) is 9.65. The molecule has 140 valence electrons. The van der Waals surface area contributed by atoms with Gasteiger partial charge in [-0.1, -0.05) is 23.5 Å². The van der Waals surface area contributed by atoms with Crippen LogP contribution in [0.2, 0.25) is 0 Å². The number of benzene rings is 1. The van der Waals surface area contributed by atoms with Crippen molar-refractivity contribution in [2.45, 2.75) is 25.6 Å². The van der Waals surface area contributed by atoms with Crippen LogP contribution in [0.4, 0.5) is 5.13 Å². The predicted octanol–water partition coefficient (Wildman–Crippen LogP) is 3.14. The summed E-state index contributed by atoms with van der Waals surface area (Å²) in [6.07, 6.45) is 5.51. The van der Waals surface area contributed by atoms with Gasteiger partial charge in [0.05, 0.1) is 22.9 Å². The van der Waals surface area contributed by atoms with Gasteiger partial charge in [-0.2, -0.15) is 0 Å². The van der Waals surface area contributed by atoms with Gasteiger partial charge in [-0.3, -0.25) is 20.6 Å². The average Bonchev–Trinajstić information content (AvgIpc) is 3.14. The monoisotopic (exact) mass is 384 g/mol. The zero-order valence-corrected chi connectivity index (χ0v) is 15.5. The van der Waals surface area contributed by atoms with E-state index in [0.717, 1.165) is 41.8 Å². The number of hydrogen-bond acceptors (Lipinski definition) is 7. The van der Waals surface area contributed by atoms with Gasteiger partial charge in [0.2, 0.25) is 5.13 Å². The van der Waals surface area contributed by atoms with E-state index in [1.54, 1.807) is 18.5 Å². The van der Waals surface area contributed by atoms with Crippen LogP contribution < -0.4 is 10.9 Å². The normalized spacial score (nSPS) is 15.0. The van der Waals surface area contributed by atoms with Crippen molar-refractivity contribution in [2.24, 2.45) is 0 Å². The molecule has 2 N–H and O–H groups in total. The first-order chi connectivity index (χ1) is 13.3. The number of pyridine rings is 1. The van der Waals surface area contributed by atoms with Gasteiger partial charge in [0.15, 0.2) is 0 Å². The Hall–Kier alpha value is -2.55. The maximum atomic E-state index is 12.4. The Bertz CT molecular complexity index is 891. The highest BCUT2D eigenvalue weighted by molar-refractivity contribution is 7.22. The molecule has 1 aliphatic heterocycles. The predicted molar refractivity (Wildman–Crippen MR) is 104 cm³/mol. The lowest BCUT2D eigenvalue weighted by Crippen LogP contribution is -2.29. The van der Waals surface area contributed by atoms with Gasteiger partial charge in [0.25, 0.3) is 5.91 Å². The summed E-state index contributed by atoms with van der Waals surface area (Å²) in [6, 6.07) is 9.28. The molecule has 1 aromatic carbocycles. The van der Waals surface area contributed by atoms with Crippen LogP contribution in [0.1, 0.15) is 28.8 Å². The summed E-state index contributed by atoms with van der Waals surface area (Å²) < 4.78 is 12.2. The van der Waals surface area contributed by atoms with Gasteiger partial charge < -0.3 is 9.47 Å². The Balaban J connectivity index is 1.33. The lowest BCUT2D eigenvalue weighted by molar-refractivity contribution is -0.0390. The number of nitrogens with zero attached hydrogens (tertiary/aromatic N) is 2. The standard InChI is InChI=1S/C19H20N4O3S/c24-18(22-23-19-21-16-4-7-20-11-17(16)27-19)14-3-1-2-13(10-14)12-26-15-5-8-25-9-6-15/h1-4,7,10-11,15H,5-6,8-9,12H2,(H,21,23)(H,22,24). The Kier molecular flexibility index (Phi) is 5.57. The first-order valence-electron chi connectivity index (χ1n) is 8.83. The van der Waals surface area contributed by atoms with Crippen molar-refractivity contribution in [1.29, 1.82) is 0 Å². The number of hydrogen-bond donors (Lipinski definition) is 2. The molecular formula is C19H20N4O3S. The van der Waals surface area contributed by atoms with Crippen LogP contribution in [-0.2, 0) is 16.1 Å². The Labute approximate surface area is 160 Å². The lowest BCUT2D eigenvalue weighted by atomic mass is 10.1. The second-order valence-electron chi connectivity index (χ2n) is 6.26. The minimum Gasteiger partial charge on any atom is -0.381 e. The highest BCUT2D eigenvalue weighted by Crippen LogP contribution is 2.24. The Morgan fingerprint density at radius 1 is 1.30 bits per heavy atom.